The fourth-order valence-corrected chi connectivity index (χ4v) is 3.34. The smallest absolute Gasteiger partial charge is 0.141 e. The SMILES string of the molecule is C=Nc1c(Cl)cn(Cc2ccccc2)c1/C=C(\C)c1c(C)noc1C. The topological polar surface area (TPSA) is 43.3 Å². The molecule has 0 bridgehead atoms. The lowest BCUT2D eigenvalue weighted by atomic mass is 10.0. The van der Waals surface area contributed by atoms with Gasteiger partial charge in [0.2, 0.25) is 0 Å². The summed E-state index contributed by atoms with van der Waals surface area (Å²) in [7, 11) is 0. The van der Waals surface area contributed by atoms with Gasteiger partial charge in [0, 0.05) is 18.3 Å². The van der Waals surface area contributed by atoms with Gasteiger partial charge in [-0.2, -0.15) is 0 Å². The summed E-state index contributed by atoms with van der Waals surface area (Å²) >= 11 is 6.37. The summed E-state index contributed by atoms with van der Waals surface area (Å²) in [5.41, 5.74) is 5.72. The molecule has 0 aliphatic rings. The van der Waals surface area contributed by atoms with Crippen molar-refractivity contribution in [1.29, 1.82) is 0 Å². The molecule has 25 heavy (non-hydrogen) atoms. The van der Waals surface area contributed by atoms with E-state index in [4.69, 9.17) is 16.1 Å². The molecule has 0 saturated heterocycles. The lowest BCUT2D eigenvalue weighted by Gasteiger charge is -2.09. The number of hydrogen-bond donors (Lipinski definition) is 0. The molecule has 1 aromatic carbocycles. The minimum Gasteiger partial charge on any atom is -0.361 e. The first kappa shape index (κ1) is 17.2. The van der Waals surface area contributed by atoms with Crippen LogP contribution in [0.15, 0.2) is 46.0 Å². The van der Waals surface area contributed by atoms with Crippen LogP contribution in [0.4, 0.5) is 5.69 Å². The van der Waals surface area contributed by atoms with Crippen molar-refractivity contribution in [2.75, 3.05) is 0 Å². The van der Waals surface area contributed by atoms with E-state index in [0.29, 0.717) is 17.3 Å². The van der Waals surface area contributed by atoms with Gasteiger partial charge in [-0.15, -0.1) is 0 Å². The average molecular weight is 354 g/mol. The fourth-order valence-electron chi connectivity index (χ4n) is 3.07. The Bertz CT molecular complexity index is 916. The first-order chi connectivity index (χ1) is 12.0. The Labute approximate surface area is 152 Å². The van der Waals surface area contributed by atoms with Gasteiger partial charge in [0.25, 0.3) is 0 Å². The van der Waals surface area contributed by atoms with Crippen LogP contribution in [-0.4, -0.2) is 16.4 Å². The standard InChI is InChI=1S/C20H20ClN3O/c1-13(19-14(2)23-25-15(19)3)10-18-20(22-4)17(21)12-24(18)11-16-8-6-5-7-9-16/h5-10,12H,4,11H2,1-3H3/b13-10+. The van der Waals surface area contributed by atoms with Crippen LogP contribution < -0.4 is 0 Å². The van der Waals surface area contributed by atoms with Crippen molar-refractivity contribution < 1.29 is 4.52 Å². The average Bonchev–Trinajstić information content (AvgIpc) is 3.07. The van der Waals surface area contributed by atoms with Gasteiger partial charge in [0.1, 0.15) is 11.4 Å². The molecule has 0 atom stereocenters. The predicted molar refractivity (Wildman–Crippen MR) is 104 cm³/mol. The number of aromatic nitrogens is 2. The maximum atomic E-state index is 6.37. The van der Waals surface area contributed by atoms with E-state index in [1.807, 2.05) is 45.2 Å². The molecule has 0 spiro atoms. The summed E-state index contributed by atoms with van der Waals surface area (Å²) in [4.78, 5) is 4.13. The van der Waals surface area contributed by atoms with E-state index in [9.17, 15) is 0 Å². The first-order valence-electron chi connectivity index (χ1n) is 8.02. The van der Waals surface area contributed by atoms with Crippen LogP contribution in [0.5, 0.6) is 0 Å². The molecule has 0 aliphatic heterocycles. The van der Waals surface area contributed by atoms with Crippen molar-refractivity contribution in [3.05, 3.63) is 69.8 Å². The van der Waals surface area contributed by atoms with E-state index >= 15 is 0 Å². The number of benzene rings is 1. The van der Waals surface area contributed by atoms with Gasteiger partial charge in [-0.3, -0.25) is 4.99 Å². The second-order valence-electron chi connectivity index (χ2n) is 6.01. The maximum absolute atomic E-state index is 6.37. The minimum atomic E-state index is 0.587. The van der Waals surface area contributed by atoms with Crippen LogP contribution in [0.2, 0.25) is 5.02 Å². The molecule has 2 heterocycles. The Morgan fingerprint density at radius 3 is 2.64 bits per heavy atom. The van der Waals surface area contributed by atoms with Crippen LogP contribution in [0, 0.1) is 13.8 Å². The molecule has 0 aliphatic carbocycles. The first-order valence-corrected chi connectivity index (χ1v) is 8.40. The molecule has 3 rings (SSSR count). The highest BCUT2D eigenvalue weighted by molar-refractivity contribution is 6.33. The van der Waals surface area contributed by atoms with Crippen LogP contribution >= 0.6 is 11.6 Å². The molecule has 0 N–H and O–H groups in total. The second kappa shape index (κ2) is 7.11. The molecule has 0 radical (unpaired) electrons. The maximum Gasteiger partial charge on any atom is 0.141 e. The fraction of sp³-hybridized carbons (Fsp3) is 0.200. The zero-order chi connectivity index (χ0) is 18.0. The van der Waals surface area contributed by atoms with Gasteiger partial charge in [-0.1, -0.05) is 47.1 Å². The van der Waals surface area contributed by atoms with E-state index in [1.54, 1.807) is 0 Å². The lowest BCUT2D eigenvalue weighted by molar-refractivity contribution is 0.393. The van der Waals surface area contributed by atoms with Gasteiger partial charge in [-0.05, 0) is 44.7 Å². The highest BCUT2D eigenvalue weighted by Gasteiger charge is 2.16. The van der Waals surface area contributed by atoms with E-state index in [2.05, 4.69) is 39.6 Å². The van der Waals surface area contributed by atoms with Crippen molar-refractivity contribution in [3.63, 3.8) is 0 Å². The van der Waals surface area contributed by atoms with Gasteiger partial charge in [0.05, 0.1) is 16.4 Å². The quantitative estimate of drug-likeness (QED) is 0.553. The van der Waals surface area contributed by atoms with Crippen molar-refractivity contribution in [1.82, 2.24) is 9.72 Å². The Balaban J connectivity index is 2.08. The third kappa shape index (κ3) is 3.44. The second-order valence-corrected chi connectivity index (χ2v) is 6.42. The molecule has 0 unspecified atom stereocenters. The lowest BCUT2D eigenvalue weighted by Crippen LogP contribution is -2.00. The molecule has 128 valence electrons. The zero-order valence-electron chi connectivity index (χ0n) is 14.6. The molecule has 5 heteroatoms. The molecule has 2 aromatic heterocycles. The van der Waals surface area contributed by atoms with Gasteiger partial charge < -0.3 is 9.09 Å². The number of allylic oxidation sites excluding steroid dienone is 1. The predicted octanol–water partition coefficient (Wildman–Crippen LogP) is 5.69. The van der Waals surface area contributed by atoms with Gasteiger partial charge in [0.15, 0.2) is 0 Å². The number of nitrogens with zero attached hydrogens (tertiary/aromatic N) is 3. The Morgan fingerprint density at radius 2 is 2.04 bits per heavy atom. The number of aliphatic imine (C=N–C) groups is 1. The van der Waals surface area contributed by atoms with Crippen LogP contribution in [-0.2, 0) is 6.54 Å². The van der Waals surface area contributed by atoms with E-state index in [-0.39, 0.29) is 0 Å². The molecular formula is C20H20ClN3O. The Hall–Kier alpha value is -2.59. The highest BCUT2D eigenvalue weighted by Crippen LogP contribution is 2.35. The van der Waals surface area contributed by atoms with Crippen LogP contribution in [0.25, 0.3) is 11.6 Å². The van der Waals surface area contributed by atoms with Crippen molar-refractivity contribution >= 4 is 35.7 Å². The third-order valence-corrected chi connectivity index (χ3v) is 4.46. The summed E-state index contributed by atoms with van der Waals surface area (Å²) < 4.78 is 7.37. The minimum absolute atomic E-state index is 0.587. The van der Waals surface area contributed by atoms with E-state index in [1.165, 1.54) is 5.56 Å². The molecule has 0 saturated carbocycles. The van der Waals surface area contributed by atoms with Crippen LogP contribution in [0.1, 0.15) is 35.2 Å². The summed E-state index contributed by atoms with van der Waals surface area (Å²) in [6.45, 7) is 10.3. The Kier molecular flexibility index (Phi) is 4.91. The summed E-state index contributed by atoms with van der Waals surface area (Å²) in [6, 6.07) is 10.2. The number of aryl methyl sites for hydroxylation is 2. The Morgan fingerprint density at radius 1 is 1.32 bits per heavy atom. The van der Waals surface area contributed by atoms with Gasteiger partial charge in [-0.25, -0.2) is 0 Å². The molecule has 0 fully saturated rings. The third-order valence-electron chi connectivity index (χ3n) is 4.18. The highest BCUT2D eigenvalue weighted by atomic mass is 35.5. The van der Waals surface area contributed by atoms with Crippen LogP contribution in [0.3, 0.4) is 0 Å². The summed E-state index contributed by atoms with van der Waals surface area (Å²) in [5.74, 6) is 0.798. The molecule has 4 nitrogen and oxygen atoms in total. The summed E-state index contributed by atoms with van der Waals surface area (Å²) in [6.07, 6.45) is 3.95. The number of halogens is 1. The molecule has 0 amide bonds. The number of rotatable bonds is 5. The van der Waals surface area contributed by atoms with E-state index in [0.717, 1.165) is 28.3 Å². The zero-order valence-corrected chi connectivity index (χ0v) is 15.3. The van der Waals surface area contributed by atoms with Crippen molar-refractivity contribution in [3.8, 4) is 0 Å². The normalized spacial score (nSPS) is 11.8. The van der Waals surface area contributed by atoms with Crippen molar-refractivity contribution in [2.24, 2.45) is 4.99 Å². The van der Waals surface area contributed by atoms with E-state index < -0.39 is 0 Å². The molecule has 3 aromatic rings. The largest absolute Gasteiger partial charge is 0.361 e. The van der Waals surface area contributed by atoms with Gasteiger partial charge >= 0.3 is 0 Å². The number of hydrogen-bond acceptors (Lipinski definition) is 3. The monoisotopic (exact) mass is 353 g/mol. The molecular weight excluding hydrogens is 334 g/mol. The van der Waals surface area contributed by atoms with Crippen molar-refractivity contribution in [2.45, 2.75) is 27.3 Å². The summed E-state index contributed by atoms with van der Waals surface area (Å²) in [5, 5.41) is 4.62.